The van der Waals surface area contributed by atoms with E-state index in [1.165, 1.54) is 141 Å². The Kier molecular flexibility index (Phi) is 47.6. The predicted molar refractivity (Wildman–Crippen MR) is 261 cm³/mol. The Morgan fingerprint density at radius 1 is 0.361 bits per heavy atom. The first-order valence-corrected chi connectivity index (χ1v) is 26.4. The lowest BCUT2D eigenvalue weighted by Crippen LogP contribution is -2.36. The molecule has 0 saturated heterocycles. The molecule has 61 heavy (non-hydrogen) atoms. The standard InChI is InChI=1S/C55H100O6/c1-2-3-4-5-6-7-8-15-20-25-30-35-40-45-51(57)46-41-36-31-26-21-16-11-9-12-17-22-27-32-37-42-47-52(58)48-43-38-33-28-23-18-13-10-14-19-24-29-34-39-44-49-53(59)55(61)54(60)50-56/h9-10,12,14,16,21,54-56,60-61H,2-8,11,13,15,17-20,22-50H2,1H3/b12-9-,14-10-,21-16-. The van der Waals surface area contributed by atoms with Gasteiger partial charge in [0, 0.05) is 32.1 Å². The van der Waals surface area contributed by atoms with E-state index in [0.717, 1.165) is 116 Å². The highest BCUT2D eigenvalue weighted by Gasteiger charge is 2.22. The maximum Gasteiger partial charge on any atom is 0.164 e. The fourth-order valence-corrected chi connectivity index (χ4v) is 8.05. The maximum atomic E-state index is 12.3. The molecule has 0 aliphatic carbocycles. The van der Waals surface area contributed by atoms with Gasteiger partial charge in [-0.3, -0.25) is 14.4 Å². The molecule has 0 aliphatic heterocycles. The zero-order chi connectivity index (χ0) is 44.5. The summed E-state index contributed by atoms with van der Waals surface area (Å²) in [5, 5.41) is 27.7. The molecule has 0 saturated carbocycles. The van der Waals surface area contributed by atoms with E-state index in [0.29, 0.717) is 18.0 Å². The van der Waals surface area contributed by atoms with Crippen molar-refractivity contribution in [1.82, 2.24) is 0 Å². The fraction of sp³-hybridized carbons (Fsp3) is 0.836. The lowest BCUT2D eigenvalue weighted by Gasteiger charge is -2.13. The van der Waals surface area contributed by atoms with Crippen molar-refractivity contribution in [3.05, 3.63) is 36.5 Å². The average Bonchev–Trinajstić information content (AvgIpc) is 3.26. The average molecular weight is 857 g/mol. The summed E-state index contributed by atoms with van der Waals surface area (Å²) in [6.07, 6.45) is 59.0. The molecule has 0 amide bonds. The van der Waals surface area contributed by atoms with Crippen molar-refractivity contribution in [3.63, 3.8) is 0 Å². The molecule has 3 N–H and O–H groups in total. The molecule has 0 heterocycles. The molecule has 0 rings (SSSR count). The zero-order valence-electron chi connectivity index (χ0n) is 40.1. The second-order valence-electron chi connectivity index (χ2n) is 18.3. The van der Waals surface area contributed by atoms with Gasteiger partial charge >= 0.3 is 0 Å². The summed E-state index contributed by atoms with van der Waals surface area (Å²) >= 11 is 0. The van der Waals surface area contributed by atoms with Crippen LogP contribution in [0.25, 0.3) is 0 Å². The van der Waals surface area contributed by atoms with Gasteiger partial charge in [0.1, 0.15) is 23.8 Å². The minimum absolute atomic E-state index is 0.253. The Morgan fingerprint density at radius 2 is 0.623 bits per heavy atom. The summed E-state index contributed by atoms with van der Waals surface area (Å²) in [6.45, 7) is 1.68. The molecule has 356 valence electrons. The summed E-state index contributed by atoms with van der Waals surface area (Å²) < 4.78 is 0. The van der Waals surface area contributed by atoms with E-state index in [-0.39, 0.29) is 12.2 Å². The second kappa shape index (κ2) is 49.1. The van der Waals surface area contributed by atoms with Crippen LogP contribution < -0.4 is 0 Å². The molecule has 6 nitrogen and oxygen atoms in total. The van der Waals surface area contributed by atoms with Gasteiger partial charge in [-0.05, 0) is 89.9 Å². The van der Waals surface area contributed by atoms with Crippen molar-refractivity contribution in [3.8, 4) is 0 Å². The van der Waals surface area contributed by atoms with Crippen LogP contribution >= 0.6 is 0 Å². The maximum absolute atomic E-state index is 12.3. The Bertz CT molecular complexity index is 1050. The number of hydrogen-bond donors (Lipinski definition) is 3. The number of hydrogen-bond acceptors (Lipinski definition) is 6. The molecular weight excluding hydrogens is 757 g/mol. The van der Waals surface area contributed by atoms with Crippen molar-refractivity contribution in [2.45, 2.75) is 289 Å². The molecule has 0 fully saturated rings. The number of carbonyl (C=O) groups excluding carboxylic acids is 3. The van der Waals surface area contributed by atoms with E-state index in [2.05, 4.69) is 43.4 Å². The highest BCUT2D eigenvalue weighted by Crippen LogP contribution is 2.16. The SMILES string of the molecule is CCCCCCCCCCCCCCCC(=O)CCCCC/C=C\C/C=C\CCCCCCCC(=O)CCCCCCCC/C=C\CCCCCCCC(=O)C(O)C(O)CO. The summed E-state index contributed by atoms with van der Waals surface area (Å²) in [6, 6.07) is 0. The van der Waals surface area contributed by atoms with Crippen LogP contribution in [0.5, 0.6) is 0 Å². The molecule has 0 aromatic heterocycles. The van der Waals surface area contributed by atoms with Crippen molar-refractivity contribution in [2.75, 3.05) is 6.61 Å². The van der Waals surface area contributed by atoms with Crippen molar-refractivity contribution < 1.29 is 29.7 Å². The molecule has 0 aromatic rings. The second-order valence-corrected chi connectivity index (χ2v) is 18.3. The van der Waals surface area contributed by atoms with Gasteiger partial charge in [0.2, 0.25) is 0 Å². The number of unbranched alkanes of at least 4 members (excludes halogenated alkanes) is 31. The van der Waals surface area contributed by atoms with Crippen LogP contribution in [0.4, 0.5) is 0 Å². The van der Waals surface area contributed by atoms with Crippen molar-refractivity contribution >= 4 is 17.3 Å². The molecule has 0 aromatic carbocycles. The fourth-order valence-electron chi connectivity index (χ4n) is 8.05. The largest absolute Gasteiger partial charge is 0.394 e. The predicted octanol–water partition coefficient (Wildman–Crippen LogP) is 15.5. The Morgan fingerprint density at radius 3 is 0.951 bits per heavy atom. The van der Waals surface area contributed by atoms with Gasteiger partial charge in [0.05, 0.1) is 6.61 Å². The van der Waals surface area contributed by atoms with E-state index in [1.807, 2.05) is 0 Å². The molecule has 0 spiro atoms. The topological polar surface area (TPSA) is 112 Å². The van der Waals surface area contributed by atoms with Crippen LogP contribution in [0, 0.1) is 0 Å². The lowest BCUT2D eigenvalue weighted by atomic mass is 10.0. The number of carbonyl (C=O) groups is 3. The minimum Gasteiger partial charge on any atom is -0.394 e. The number of aliphatic hydroxyl groups is 3. The number of rotatable bonds is 50. The molecule has 6 heteroatoms. The number of aliphatic hydroxyl groups excluding tert-OH is 3. The zero-order valence-corrected chi connectivity index (χ0v) is 40.1. The lowest BCUT2D eigenvalue weighted by molar-refractivity contribution is -0.134. The van der Waals surface area contributed by atoms with Crippen LogP contribution in [0.3, 0.4) is 0 Å². The van der Waals surface area contributed by atoms with Crippen molar-refractivity contribution in [2.24, 2.45) is 0 Å². The highest BCUT2D eigenvalue weighted by atomic mass is 16.4. The summed E-state index contributed by atoms with van der Waals surface area (Å²) in [5.74, 6) is 0.545. The number of Topliss-reactive ketones (excluding diaryl/α,β-unsaturated/α-hetero) is 3. The Labute approximate surface area is 377 Å². The first-order chi connectivity index (χ1) is 29.9. The van der Waals surface area contributed by atoms with Gasteiger partial charge in [0.25, 0.3) is 0 Å². The van der Waals surface area contributed by atoms with Crippen LogP contribution in [-0.4, -0.2) is 51.5 Å². The molecule has 0 radical (unpaired) electrons. The summed E-state index contributed by atoms with van der Waals surface area (Å²) in [5.41, 5.74) is 0. The summed E-state index contributed by atoms with van der Waals surface area (Å²) in [7, 11) is 0. The van der Waals surface area contributed by atoms with E-state index < -0.39 is 18.8 Å². The van der Waals surface area contributed by atoms with Gasteiger partial charge in [-0.15, -0.1) is 0 Å². The third-order valence-electron chi connectivity index (χ3n) is 12.2. The van der Waals surface area contributed by atoms with Gasteiger partial charge in [0.15, 0.2) is 5.78 Å². The monoisotopic (exact) mass is 857 g/mol. The normalized spacial score (nSPS) is 13.0. The van der Waals surface area contributed by atoms with E-state index >= 15 is 0 Å². The van der Waals surface area contributed by atoms with Crippen LogP contribution in [0.2, 0.25) is 0 Å². The smallest absolute Gasteiger partial charge is 0.164 e. The minimum atomic E-state index is -1.47. The van der Waals surface area contributed by atoms with E-state index in [1.54, 1.807) is 0 Å². The Hall–Kier alpha value is -1.89. The third kappa shape index (κ3) is 45.9. The van der Waals surface area contributed by atoms with Crippen LogP contribution in [0.15, 0.2) is 36.5 Å². The van der Waals surface area contributed by atoms with E-state index in [4.69, 9.17) is 5.11 Å². The number of allylic oxidation sites excluding steroid dienone is 6. The first-order valence-electron chi connectivity index (χ1n) is 26.4. The van der Waals surface area contributed by atoms with Crippen LogP contribution in [-0.2, 0) is 14.4 Å². The van der Waals surface area contributed by atoms with Crippen LogP contribution in [0.1, 0.15) is 277 Å². The molecule has 0 aliphatic rings. The molecule has 2 atom stereocenters. The van der Waals surface area contributed by atoms with Gasteiger partial charge in [-0.25, -0.2) is 0 Å². The first kappa shape index (κ1) is 59.1. The van der Waals surface area contributed by atoms with E-state index in [9.17, 15) is 24.6 Å². The molecule has 2 unspecified atom stereocenters. The Balaban J connectivity index is 3.37. The quantitative estimate of drug-likeness (QED) is 0.0415. The van der Waals surface area contributed by atoms with Gasteiger partial charge in [-0.1, -0.05) is 191 Å². The molecular formula is C55H100O6. The highest BCUT2D eigenvalue weighted by molar-refractivity contribution is 5.83. The number of ketones is 3. The van der Waals surface area contributed by atoms with Gasteiger partial charge < -0.3 is 15.3 Å². The van der Waals surface area contributed by atoms with Crippen molar-refractivity contribution in [1.29, 1.82) is 0 Å². The third-order valence-corrected chi connectivity index (χ3v) is 12.2. The molecule has 0 bridgehead atoms. The van der Waals surface area contributed by atoms with Gasteiger partial charge in [-0.2, -0.15) is 0 Å². The summed E-state index contributed by atoms with van der Waals surface area (Å²) in [4.78, 5) is 36.2.